The topological polar surface area (TPSA) is 85.1 Å². The van der Waals surface area contributed by atoms with E-state index in [2.05, 4.69) is 36.6 Å². The SMILES string of the molecule is CCc1nc(NN)c(C)c(Nc2cc(OC)ccc2Br)n1. The highest BCUT2D eigenvalue weighted by Crippen LogP contribution is 2.31. The third-order valence-electron chi connectivity index (χ3n) is 3.07. The second kappa shape index (κ2) is 6.73. The minimum absolute atomic E-state index is 0.614. The molecule has 0 amide bonds. The van der Waals surface area contributed by atoms with Crippen molar-refractivity contribution in [1.82, 2.24) is 9.97 Å². The van der Waals surface area contributed by atoms with E-state index >= 15 is 0 Å². The van der Waals surface area contributed by atoms with Crippen LogP contribution in [0.3, 0.4) is 0 Å². The summed E-state index contributed by atoms with van der Waals surface area (Å²) in [7, 11) is 1.63. The van der Waals surface area contributed by atoms with Gasteiger partial charge in [-0.25, -0.2) is 15.8 Å². The number of aromatic nitrogens is 2. The molecule has 0 unspecified atom stereocenters. The van der Waals surface area contributed by atoms with E-state index in [1.54, 1.807) is 7.11 Å². The van der Waals surface area contributed by atoms with Crippen LogP contribution in [0.4, 0.5) is 17.3 Å². The maximum Gasteiger partial charge on any atom is 0.148 e. The molecule has 1 aromatic heterocycles. The van der Waals surface area contributed by atoms with E-state index in [1.165, 1.54) is 0 Å². The molecule has 0 fully saturated rings. The molecular weight excluding hydrogens is 334 g/mol. The predicted molar refractivity (Wildman–Crippen MR) is 87.9 cm³/mol. The molecule has 21 heavy (non-hydrogen) atoms. The number of halogens is 1. The van der Waals surface area contributed by atoms with Crippen molar-refractivity contribution in [3.8, 4) is 5.75 Å². The lowest BCUT2D eigenvalue weighted by molar-refractivity contribution is 0.415. The monoisotopic (exact) mass is 351 g/mol. The Morgan fingerprint density at radius 2 is 2.00 bits per heavy atom. The first-order valence-corrected chi connectivity index (χ1v) is 7.33. The number of nitrogens with one attached hydrogen (secondary N) is 2. The van der Waals surface area contributed by atoms with Crippen LogP contribution in [0.1, 0.15) is 18.3 Å². The van der Waals surface area contributed by atoms with Crippen LogP contribution in [0.5, 0.6) is 5.75 Å². The number of nitrogens with zero attached hydrogens (tertiary/aromatic N) is 2. The highest BCUT2D eigenvalue weighted by Gasteiger charge is 2.11. The second-order valence-electron chi connectivity index (χ2n) is 4.43. The third-order valence-corrected chi connectivity index (χ3v) is 3.76. The number of aryl methyl sites for hydroxylation is 1. The van der Waals surface area contributed by atoms with Crippen molar-refractivity contribution in [3.63, 3.8) is 0 Å². The van der Waals surface area contributed by atoms with Gasteiger partial charge < -0.3 is 15.5 Å². The average molecular weight is 352 g/mol. The molecule has 0 bridgehead atoms. The molecule has 0 saturated heterocycles. The van der Waals surface area contributed by atoms with Crippen molar-refractivity contribution >= 4 is 33.3 Å². The number of ether oxygens (including phenoxy) is 1. The fraction of sp³-hybridized carbons (Fsp3) is 0.286. The predicted octanol–water partition coefficient (Wildman–Crippen LogP) is 3.15. The second-order valence-corrected chi connectivity index (χ2v) is 5.29. The zero-order valence-corrected chi connectivity index (χ0v) is 13.8. The molecule has 1 aromatic carbocycles. The van der Waals surface area contributed by atoms with Crippen LogP contribution in [0.25, 0.3) is 0 Å². The van der Waals surface area contributed by atoms with Gasteiger partial charge in [-0.2, -0.15) is 0 Å². The van der Waals surface area contributed by atoms with Crippen molar-refractivity contribution in [2.24, 2.45) is 5.84 Å². The van der Waals surface area contributed by atoms with E-state index < -0.39 is 0 Å². The van der Waals surface area contributed by atoms with E-state index in [0.717, 1.165) is 33.7 Å². The zero-order valence-electron chi connectivity index (χ0n) is 12.2. The van der Waals surface area contributed by atoms with E-state index in [-0.39, 0.29) is 0 Å². The molecule has 0 aliphatic heterocycles. The van der Waals surface area contributed by atoms with Gasteiger partial charge in [-0.1, -0.05) is 6.92 Å². The maximum atomic E-state index is 5.51. The maximum absolute atomic E-state index is 5.51. The van der Waals surface area contributed by atoms with Gasteiger partial charge in [0.1, 0.15) is 23.2 Å². The van der Waals surface area contributed by atoms with Gasteiger partial charge in [0, 0.05) is 22.5 Å². The van der Waals surface area contributed by atoms with Crippen molar-refractivity contribution in [2.75, 3.05) is 17.9 Å². The van der Waals surface area contributed by atoms with Crippen LogP contribution in [0.2, 0.25) is 0 Å². The first-order chi connectivity index (χ1) is 10.1. The molecule has 1 heterocycles. The first kappa shape index (κ1) is 15.5. The number of nitrogen functional groups attached to an aromatic ring is 1. The Balaban J connectivity index is 2.43. The van der Waals surface area contributed by atoms with E-state index in [9.17, 15) is 0 Å². The smallest absolute Gasteiger partial charge is 0.148 e. The van der Waals surface area contributed by atoms with Gasteiger partial charge in [0.2, 0.25) is 0 Å². The number of benzene rings is 1. The Bertz CT molecular complexity index is 648. The highest BCUT2D eigenvalue weighted by molar-refractivity contribution is 9.10. The number of hydrogen-bond acceptors (Lipinski definition) is 6. The Morgan fingerprint density at radius 1 is 1.29 bits per heavy atom. The molecule has 0 atom stereocenters. The normalized spacial score (nSPS) is 10.3. The molecule has 0 saturated carbocycles. The van der Waals surface area contributed by atoms with Gasteiger partial charge >= 0.3 is 0 Å². The summed E-state index contributed by atoms with van der Waals surface area (Å²) in [5.74, 6) is 8.32. The molecule has 2 rings (SSSR count). The first-order valence-electron chi connectivity index (χ1n) is 6.53. The summed E-state index contributed by atoms with van der Waals surface area (Å²) in [6.45, 7) is 3.90. The largest absolute Gasteiger partial charge is 0.497 e. The van der Waals surface area contributed by atoms with Crippen LogP contribution in [0, 0.1) is 6.92 Å². The summed E-state index contributed by atoms with van der Waals surface area (Å²) >= 11 is 3.51. The average Bonchev–Trinajstić information content (AvgIpc) is 2.51. The molecule has 2 aromatic rings. The number of methoxy groups -OCH3 is 1. The summed E-state index contributed by atoms with van der Waals surface area (Å²) < 4.78 is 6.16. The number of nitrogens with two attached hydrogens (primary N) is 1. The number of hydrazine groups is 1. The molecule has 7 heteroatoms. The Kier molecular flexibility index (Phi) is 4.98. The lowest BCUT2D eigenvalue weighted by Crippen LogP contribution is -2.14. The Morgan fingerprint density at radius 3 is 2.62 bits per heavy atom. The lowest BCUT2D eigenvalue weighted by atomic mass is 10.2. The van der Waals surface area contributed by atoms with Crippen LogP contribution < -0.4 is 21.3 Å². The van der Waals surface area contributed by atoms with Crippen LogP contribution in [-0.2, 0) is 6.42 Å². The molecule has 4 N–H and O–H groups in total. The van der Waals surface area contributed by atoms with Crippen molar-refractivity contribution in [3.05, 3.63) is 34.1 Å². The molecule has 0 spiro atoms. The van der Waals surface area contributed by atoms with Crippen molar-refractivity contribution in [1.29, 1.82) is 0 Å². The summed E-state index contributed by atoms with van der Waals surface area (Å²) in [4.78, 5) is 8.86. The molecule has 0 aliphatic rings. The lowest BCUT2D eigenvalue weighted by Gasteiger charge is -2.14. The summed E-state index contributed by atoms with van der Waals surface area (Å²) in [6.07, 6.45) is 0.725. The highest BCUT2D eigenvalue weighted by atomic mass is 79.9. The zero-order chi connectivity index (χ0) is 15.4. The molecule has 112 valence electrons. The summed E-state index contributed by atoms with van der Waals surface area (Å²) in [6, 6.07) is 5.69. The van der Waals surface area contributed by atoms with Gasteiger partial charge in [0.15, 0.2) is 0 Å². The summed E-state index contributed by atoms with van der Waals surface area (Å²) in [5, 5.41) is 3.29. The van der Waals surface area contributed by atoms with Crippen molar-refractivity contribution < 1.29 is 4.74 Å². The van der Waals surface area contributed by atoms with Crippen LogP contribution >= 0.6 is 15.9 Å². The van der Waals surface area contributed by atoms with Gasteiger partial charge in [-0.05, 0) is 35.0 Å². The minimum atomic E-state index is 0.614. The quantitative estimate of drug-likeness (QED) is 0.566. The van der Waals surface area contributed by atoms with E-state index in [4.69, 9.17) is 10.6 Å². The van der Waals surface area contributed by atoms with E-state index in [0.29, 0.717) is 11.6 Å². The standard InChI is InChI=1S/C14H18BrN5O/c1-4-12-18-13(8(2)14(19-12)20-16)17-11-7-9(21-3)5-6-10(11)15/h5-7H,4,16H2,1-3H3,(H2,17,18,19,20). The van der Waals surface area contributed by atoms with Gasteiger partial charge in [-0.15, -0.1) is 0 Å². The van der Waals surface area contributed by atoms with Gasteiger partial charge in [0.05, 0.1) is 12.8 Å². The molecule has 0 radical (unpaired) electrons. The molecular formula is C14H18BrN5O. The number of rotatable bonds is 5. The van der Waals surface area contributed by atoms with Gasteiger partial charge in [-0.3, -0.25) is 0 Å². The van der Waals surface area contributed by atoms with E-state index in [1.807, 2.05) is 32.0 Å². The Labute approximate surface area is 132 Å². The molecule has 6 nitrogen and oxygen atoms in total. The Hall–Kier alpha value is -1.86. The molecule has 0 aliphatic carbocycles. The van der Waals surface area contributed by atoms with Crippen LogP contribution in [-0.4, -0.2) is 17.1 Å². The fourth-order valence-electron chi connectivity index (χ4n) is 1.84. The third kappa shape index (κ3) is 3.43. The van der Waals surface area contributed by atoms with Crippen molar-refractivity contribution in [2.45, 2.75) is 20.3 Å². The number of anilines is 3. The minimum Gasteiger partial charge on any atom is -0.497 e. The summed E-state index contributed by atoms with van der Waals surface area (Å²) in [5.41, 5.74) is 4.32. The van der Waals surface area contributed by atoms with Crippen LogP contribution in [0.15, 0.2) is 22.7 Å². The van der Waals surface area contributed by atoms with Gasteiger partial charge in [0.25, 0.3) is 0 Å². The fourth-order valence-corrected chi connectivity index (χ4v) is 2.18. The number of hydrogen-bond donors (Lipinski definition) is 3.